The van der Waals surface area contributed by atoms with Crippen molar-refractivity contribution < 1.29 is 14.6 Å². The van der Waals surface area contributed by atoms with Gasteiger partial charge in [0.15, 0.2) is 0 Å². The molecule has 1 heterocycles. The number of imidazole rings is 1. The molecule has 142 valence electrons. The van der Waals surface area contributed by atoms with E-state index in [1.165, 1.54) is 48.6 Å². The van der Waals surface area contributed by atoms with Crippen molar-refractivity contribution in [1.82, 2.24) is 9.55 Å². The zero-order valence-corrected chi connectivity index (χ0v) is 14.9. The number of anilines is 1. The van der Waals surface area contributed by atoms with Gasteiger partial charge in [0, 0.05) is 31.3 Å². The van der Waals surface area contributed by atoms with Gasteiger partial charge in [0.05, 0.1) is 20.9 Å². The van der Waals surface area contributed by atoms with Gasteiger partial charge in [-0.15, -0.1) is 0 Å². The van der Waals surface area contributed by atoms with E-state index in [1.807, 2.05) is 0 Å². The summed E-state index contributed by atoms with van der Waals surface area (Å²) in [7, 11) is 1.75. The second-order valence-corrected chi connectivity index (χ2v) is 6.00. The van der Waals surface area contributed by atoms with Gasteiger partial charge in [-0.05, 0) is 36.8 Å². The first kappa shape index (κ1) is 18.7. The van der Waals surface area contributed by atoms with Gasteiger partial charge in [0.2, 0.25) is 5.91 Å². The Morgan fingerprint density at radius 1 is 1.14 bits per heavy atom. The van der Waals surface area contributed by atoms with Crippen LogP contribution in [0.1, 0.15) is 11.4 Å². The van der Waals surface area contributed by atoms with Crippen LogP contribution in [0.4, 0.5) is 17.1 Å². The van der Waals surface area contributed by atoms with Crippen LogP contribution < -0.4 is 5.32 Å². The van der Waals surface area contributed by atoms with E-state index in [0.29, 0.717) is 22.4 Å². The number of benzene rings is 2. The summed E-state index contributed by atoms with van der Waals surface area (Å²) in [4.78, 5) is 37.4. The molecule has 3 aromatic rings. The molecular weight excluding hydrogens is 366 g/mol. The Morgan fingerprint density at radius 3 is 2.43 bits per heavy atom. The van der Waals surface area contributed by atoms with E-state index in [9.17, 15) is 25.0 Å². The van der Waals surface area contributed by atoms with Gasteiger partial charge in [0.1, 0.15) is 11.5 Å². The number of carbonyl (C=O) groups is 1. The molecule has 2 aromatic carbocycles. The zero-order chi connectivity index (χ0) is 20.4. The molecule has 3 rings (SSSR count). The fourth-order valence-electron chi connectivity index (χ4n) is 2.65. The minimum absolute atomic E-state index is 0.0361. The Hall–Kier alpha value is -4.08. The van der Waals surface area contributed by atoms with Crippen LogP contribution in [0.3, 0.4) is 0 Å². The van der Waals surface area contributed by atoms with Crippen LogP contribution in [0.25, 0.3) is 17.1 Å². The van der Waals surface area contributed by atoms with Gasteiger partial charge in [-0.1, -0.05) is 0 Å². The largest absolute Gasteiger partial charge is 0.331 e. The number of nitro benzene ring substituents is 2. The maximum Gasteiger partial charge on any atom is 0.295 e. The number of nitrogens with zero attached hydrogens (tertiary/aromatic N) is 4. The Balaban J connectivity index is 1.84. The molecule has 0 saturated carbocycles. The lowest BCUT2D eigenvalue weighted by Crippen LogP contribution is -2.09. The molecule has 0 radical (unpaired) electrons. The first-order valence-corrected chi connectivity index (χ1v) is 8.11. The lowest BCUT2D eigenvalue weighted by molar-refractivity contribution is -0.384. The van der Waals surface area contributed by atoms with E-state index in [0.717, 1.165) is 0 Å². The normalized spacial score (nSPS) is 11.1. The molecular formula is C18H15N5O5. The maximum absolute atomic E-state index is 12.2. The fourth-order valence-corrected chi connectivity index (χ4v) is 2.65. The van der Waals surface area contributed by atoms with Crippen LogP contribution in [0.15, 0.2) is 42.5 Å². The van der Waals surface area contributed by atoms with Crippen LogP contribution in [0.5, 0.6) is 0 Å². The molecule has 0 aliphatic rings. The summed E-state index contributed by atoms with van der Waals surface area (Å²) in [6.45, 7) is 1.77. The fraction of sp³-hybridized carbons (Fsp3) is 0.111. The van der Waals surface area contributed by atoms with Gasteiger partial charge in [-0.2, -0.15) is 0 Å². The molecule has 10 nitrogen and oxygen atoms in total. The molecule has 1 aromatic heterocycles. The SMILES string of the molecule is Cc1nc2cc(NC(=O)C=Cc3ccc([N+](=O)[O-])cc3)c([N+](=O)[O-])cc2n1C. The number of rotatable bonds is 5. The highest BCUT2D eigenvalue weighted by molar-refractivity contribution is 6.04. The monoisotopic (exact) mass is 381 g/mol. The van der Waals surface area contributed by atoms with Gasteiger partial charge < -0.3 is 9.88 Å². The standard InChI is InChI=1S/C18H15N5O5/c1-11-19-14-9-15(17(23(27)28)10-16(14)21(11)2)20-18(24)8-5-12-3-6-13(7-4-12)22(25)26/h3-10H,1-2H3,(H,20,24). The summed E-state index contributed by atoms with van der Waals surface area (Å²) in [5.41, 5.74) is 1.42. The highest BCUT2D eigenvalue weighted by atomic mass is 16.6. The van der Waals surface area contributed by atoms with E-state index in [-0.39, 0.29) is 17.1 Å². The summed E-state index contributed by atoms with van der Waals surface area (Å²) in [5, 5.41) is 24.5. The molecule has 0 fully saturated rings. The second-order valence-electron chi connectivity index (χ2n) is 6.00. The number of carbonyl (C=O) groups excluding carboxylic acids is 1. The third-order valence-electron chi connectivity index (χ3n) is 4.21. The molecule has 1 N–H and O–H groups in total. The summed E-state index contributed by atoms with van der Waals surface area (Å²) in [6, 6.07) is 8.45. The molecule has 0 aliphatic heterocycles. The highest BCUT2D eigenvalue weighted by Gasteiger charge is 2.19. The quantitative estimate of drug-likeness (QED) is 0.409. The molecule has 28 heavy (non-hydrogen) atoms. The third kappa shape index (κ3) is 3.70. The summed E-state index contributed by atoms with van der Waals surface area (Å²) in [5.74, 6) is 0.110. The van der Waals surface area contributed by atoms with Crippen molar-refractivity contribution in [1.29, 1.82) is 0 Å². The lowest BCUT2D eigenvalue weighted by Gasteiger charge is -2.05. The molecule has 0 saturated heterocycles. The van der Waals surface area contributed by atoms with Gasteiger partial charge in [-0.25, -0.2) is 4.98 Å². The van der Waals surface area contributed by atoms with Gasteiger partial charge in [0.25, 0.3) is 11.4 Å². The third-order valence-corrected chi connectivity index (χ3v) is 4.21. The maximum atomic E-state index is 12.2. The summed E-state index contributed by atoms with van der Waals surface area (Å²) >= 11 is 0. The molecule has 0 atom stereocenters. The highest BCUT2D eigenvalue weighted by Crippen LogP contribution is 2.30. The lowest BCUT2D eigenvalue weighted by atomic mass is 10.2. The molecule has 0 unspecified atom stereocenters. The number of hydrogen-bond donors (Lipinski definition) is 1. The number of nitrogens with one attached hydrogen (secondary N) is 1. The smallest absolute Gasteiger partial charge is 0.295 e. The Labute approximate surface area is 158 Å². The number of fused-ring (bicyclic) bond motifs is 1. The number of amides is 1. The van der Waals surface area contributed by atoms with E-state index in [4.69, 9.17) is 0 Å². The van der Waals surface area contributed by atoms with Crippen LogP contribution in [-0.4, -0.2) is 25.3 Å². The minimum Gasteiger partial charge on any atom is -0.331 e. The van der Waals surface area contributed by atoms with Crippen molar-refractivity contribution in [3.8, 4) is 0 Å². The molecule has 10 heteroatoms. The number of nitro groups is 2. The van der Waals surface area contributed by atoms with Crippen LogP contribution in [0, 0.1) is 27.2 Å². The minimum atomic E-state index is -0.576. The molecule has 1 amide bonds. The van der Waals surface area contributed by atoms with Crippen molar-refractivity contribution in [2.75, 3.05) is 5.32 Å². The van der Waals surface area contributed by atoms with Crippen molar-refractivity contribution in [2.45, 2.75) is 6.92 Å². The van der Waals surface area contributed by atoms with Crippen LogP contribution in [-0.2, 0) is 11.8 Å². The van der Waals surface area contributed by atoms with Gasteiger partial charge in [-0.3, -0.25) is 25.0 Å². The van der Waals surface area contributed by atoms with E-state index in [1.54, 1.807) is 18.5 Å². The van der Waals surface area contributed by atoms with E-state index >= 15 is 0 Å². The Kier molecular flexibility index (Phi) is 4.86. The topological polar surface area (TPSA) is 133 Å². The molecule has 0 aliphatic carbocycles. The van der Waals surface area contributed by atoms with E-state index < -0.39 is 15.8 Å². The first-order valence-electron chi connectivity index (χ1n) is 8.11. The van der Waals surface area contributed by atoms with Crippen molar-refractivity contribution in [2.24, 2.45) is 7.05 Å². The van der Waals surface area contributed by atoms with E-state index in [2.05, 4.69) is 10.3 Å². The van der Waals surface area contributed by atoms with Crippen LogP contribution in [0.2, 0.25) is 0 Å². The van der Waals surface area contributed by atoms with Crippen molar-refractivity contribution >= 4 is 40.1 Å². The average Bonchev–Trinajstić information content (AvgIpc) is 2.93. The van der Waals surface area contributed by atoms with Crippen molar-refractivity contribution in [3.05, 3.63) is 74.1 Å². The predicted octanol–water partition coefficient (Wildman–Crippen LogP) is 3.35. The molecule has 0 spiro atoms. The Morgan fingerprint density at radius 2 is 1.82 bits per heavy atom. The summed E-state index contributed by atoms with van der Waals surface area (Å²) < 4.78 is 1.72. The predicted molar refractivity (Wildman–Crippen MR) is 103 cm³/mol. The second kappa shape index (κ2) is 7.27. The van der Waals surface area contributed by atoms with Crippen molar-refractivity contribution in [3.63, 3.8) is 0 Å². The zero-order valence-electron chi connectivity index (χ0n) is 14.9. The number of non-ortho nitro benzene ring substituents is 1. The Bertz CT molecular complexity index is 1130. The summed E-state index contributed by atoms with van der Waals surface area (Å²) in [6.07, 6.45) is 2.65. The molecule has 0 bridgehead atoms. The number of aromatic nitrogens is 2. The van der Waals surface area contributed by atoms with Gasteiger partial charge >= 0.3 is 0 Å². The van der Waals surface area contributed by atoms with Crippen LogP contribution >= 0.6 is 0 Å². The number of hydrogen-bond acceptors (Lipinski definition) is 6. The number of aryl methyl sites for hydroxylation is 2. The average molecular weight is 381 g/mol. The first-order chi connectivity index (χ1) is 13.3.